The van der Waals surface area contributed by atoms with Crippen molar-refractivity contribution in [1.29, 1.82) is 0 Å². The minimum Gasteiger partial charge on any atom is -0.490 e. The highest BCUT2D eigenvalue weighted by atomic mass is 79.9. The van der Waals surface area contributed by atoms with Gasteiger partial charge in [0.25, 0.3) is 0 Å². The van der Waals surface area contributed by atoms with Gasteiger partial charge in [0.1, 0.15) is 6.61 Å². The monoisotopic (exact) mass is 446 g/mol. The molecule has 0 N–H and O–H groups in total. The summed E-state index contributed by atoms with van der Waals surface area (Å²) in [5.74, 6) is 0.516. The third-order valence-corrected chi connectivity index (χ3v) is 4.38. The number of benzene rings is 2. The summed E-state index contributed by atoms with van der Waals surface area (Å²) in [5, 5.41) is 1.08. The number of esters is 1. The van der Waals surface area contributed by atoms with E-state index in [4.69, 9.17) is 37.4 Å². The Hall–Kier alpha value is -1.43. The lowest BCUT2D eigenvalue weighted by Crippen LogP contribution is -2.07. The van der Waals surface area contributed by atoms with E-state index in [9.17, 15) is 4.79 Å². The van der Waals surface area contributed by atoms with E-state index in [1.165, 1.54) is 0 Å². The lowest BCUT2D eigenvalue weighted by atomic mass is 10.2. The molecule has 7 heteroatoms. The molecule has 0 bridgehead atoms. The highest BCUT2D eigenvalue weighted by Crippen LogP contribution is 2.38. The van der Waals surface area contributed by atoms with E-state index >= 15 is 0 Å². The first-order chi connectivity index (χ1) is 12.0. The van der Waals surface area contributed by atoms with Crippen LogP contribution in [0.3, 0.4) is 0 Å². The molecule has 0 amide bonds. The average molecular weight is 448 g/mol. The summed E-state index contributed by atoms with van der Waals surface area (Å²) < 4.78 is 17.1. The maximum atomic E-state index is 12.0. The fourth-order valence-electron chi connectivity index (χ4n) is 2.09. The maximum Gasteiger partial charge on any atom is 0.338 e. The molecule has 0 unspecified atom stereocenters. The van der Waals surface area contributed by atoms with Crippen LogP contribution in [0, 0.1) is 0 Å². The maximum absolute atomic E-state index is 12.0. The zero-order chi connectivity index (χ0) is 18.4. The van der Waals surface area contributed by atoms with Crippen LogP contribution in [0.15, 0.2) is 34.8 Å². The Morgan fingerprint density at radius 1 is 1.08 bits per heavy atom. The minimum atomic E-state index is -0.420. The zero-order valence-electron chi connectivity index (χ0n) is 13.8. The number of carbonyl (C=O) groups is 1. The van der Waals surface area contributed by atoms with Gasteiger partial charge in [0, 0.05) is 15.6 Å². The second-order valence-corrected chi connectivity index (χ2v) is 6.66. The van der Waals surface area contributed by atoms with Crippen LogP contribution in [-0.4, -0.2) is 19.2 Å². The molecule has 2 aromatic carbocycles. The summed E-state index contributed by atoms with van der Waals surface area (Å²) in [6.45, 7) is 4.56. The smallest absolute Gasteiger partial charge is 0.338 e. The molecule has 0 saturated heterocycles. The Morgan fingerprint density at radius 3 is 2.48 bits per heavy atom. The van der Waals surface area contributed by atoms with Crippen LogP contribution >= 0.6 is 39.1 Å². The van der Waals surface area contributed by atoms with E-state index in [0.717, 1.165) is 5.56 Å². The van der Waals surface area contributed by atoms with Crippen molar-refractivity contribution in [3.63, 3.8) is 0 Å². The Balaban J connectivity index is 2.28. The molecule has 0 aromatic heterocycles. The molecule has 25 heavy (non-hydrogen) atoms. The van der Waals surface area contributed by atoms with E-state index in [0.29, 0.717) is 44.8 Å². The van der Waals surface area contributed by atoms with Crippen LogP contribution in [0.1, 0.15) is 29.8 Å². The standard InChI is InChI=1S/C18H17BrCl2O4/c1-3-23-16-8-12(18(22)24-4-2)7-14(19)17(16)25-10-11-5-6-13(20)9-15(11)21/h5-9H,3-4,10H2,1-2H3. The van der Waals surface area contributed by atoms with Gasteiger partial charge < -0.3 is 14.2 Å². The van der Waals surface area contributed by atoms with Gasteiger partial charge in [-0.2, -0.15) is 0 Å². The zero-order valence-corrected chi connectivity index (χ0v) is 16.9. The van der Waals surface area contributed by atoms with Crippen LogP contribution < -0.4 is 9.47 Å². The first-order valence-corrected chi connectivity index (χ1v) is 9.21. The molecular weight excluding hydrogens is 431 g/mol. The number of rotatable bonds is 7. The second-order valence-electron chi connectivity index (χ2n) is 4.96. The van der Waals surface area contributed by atoms with Crippen molar-refractivity contribution < 1.29 is 19.0 Å². The number of carbonyl (C=O) groups excluding carboxylic acids is 1. The summed E-state index contributed by atoms with van der Waals surface area (Å²) in [4.78, 5) is 12.0. The van der Waals surface area contributed by atoms with Gasteiger partial charge in [-0.05, 0) is 54.0 Å². The fourth-order valence-corrected chi connectivity index (χ4v) is 3.11. The molecule has 134 valence electrons. The first kappa shape index (κ1) is 19.9. The van der Waals surface area contributed by atoms with Crippen LogP contribution in [-0.2, 0) is 11.3 Å². The van der Waals surface area contributed by atoms with Gasteiger partial charge >= 0.3 is 5.97 Å². The molecule has 0 atom stereocenters. The Morgan fingerprint density at radius 2 is 1.84 bits per heavy atom. The van der Waals surface area contributed by atoms with Crippen molar-refractivity contribution in [3.8, 4) is 11.5 Å². The van der Waals surface area contributed by atoms with Gasteiger partial charge in [-0.25, -0.2) is 4.79 Å². The van der Waals surface area contributed by atoms with E-state index < -0.39 is 5.97 Å². The summed E-state index contributed by atoms with van der Waals surface area (Å²) in [6, 6.07) is 8.44. The number of hydrogen-bond donors (Lipinski definition) is 0. The van der Waals surface area contributed by atoms with Crippen molar-refractivity contribution in [2.45, 2.75) is 20.5 Å². The second kappa shape index (κ2) is 9.32. The molecule has 0 radical (unpaired) electrons. The van der Waals surface area contributed by atoms with Gasteiger partial charge in [0.15, 0.2) is 11.5 Å². The van der Waals surface area contributed by atoms with E-state index in [2.05, 4.69) is 15.9 Å². The molecule has 0 aliphatic carbocycles. The normalized spacial score (nSPS) is 10.4. The molecule has 2 aromatic rings. The molecule has 0 heterocycles. The first-order valence-electron chi connectivity index (χ1n) is 7.66. The molecule has 0 aliphatic rings. The van der Waals surface area contributed by atoms with Crippen molar-refractivity contribution >= 4 is 45.1 Å². The Labute approximate surface area is 165 Å². The summed E-state index contributed by atoms with van der Waals surface area (Å²) in [7, 11) is 0. The van der Waals surface area contributed by atoms with Crippen LogP contribution in [0.4, 0.5) is 0 Å². The lowest BCUT2D eigenvalue weighted by Gasteiger charge is -2.15. The summed E-state index contributed by atoms with van der Waals surface area (Å²) in [5.41, 5.74) is 1.17. The lowest BCUT2D eigenvalue weighted by molar-refractivity contribution is 0.0525. The Kier molecular flexibility index (Phi) is 7.41. The van der Waals surface area contributed by atoms with Crippen LogP contribution in [0.25, 0.3) is 0 Å². The molecule has 0 saturated carbocycles. The summed E-state index contributed by atoms with van der Waals surface area (Å²) >= 11 is 15.5. The van der Waals surface area contributed by atoms with E-state index in [1.54, 1.807) is 37.3 Å². The predicted octanol–water partition coefficient (Wildman–Crippen LogP) is 5.91. The number of hydrogen-bond acceptors (Lipinski definition) is 4. The van der Waals surface area contributed by atoms with E-state index in [1.807, 2.05) is 6.92 Å². The number of halogens is 3. The topological polar surface area (TPSA) is 44.8 Å². The summed E-state index contributed by atoms with van der Waals surface area (Å²) in [6.07, 6.45) is 0. The quantitative estimate of drug-likeness (QED) is 0.495. The Bertz CT molecular complexity index is 765. The third-order valence-electron chi connectivity index (χ3n) is 3.21. The predicted molar refractivity (Wildman–Crippen MR) is 102 cm³/mol. The molecular formula is C18H17BrCl2O4. The number of ether oxygens (including phenoxy) is 3. The minimum absolute atomic E-state index is 0.230. The molecule has 2 rings (SSSR count). The highest BCUT2D eigenvalue weighted by Gasteiger charge is 2.17. The third kappa shape index (κ3) is 5.27. The molecule has 0 spiro atoms. The van der Waals surface area contributed by atoms with Crippen molar-refractivity contribution in [3.05, 3.63) is 56.0 Å². The van der Waals surface area contributed by atoms with Gasteiger partial charge in [-0.3, -0.25) is 0 Å². The van der Waals surface area contributed by atoms with Crippen LogP contribution in [0.2, 0.25) is 10.0 Å². The average Bonchev–Trinajstić information content (AvgIpc) is 2.56. The van der Waals surface area contributed by atoms with Crippen molar-refractivity contribution in [1.82, 2.24) is 0 Å². The van der Waals surface area contributed by atoms with Crippen molar-refractivity contribution in [2.75, 3.05) is 13.2 Å². The van der Waals surface area contributed by atoms with Gasteiger partial charge in [-0.15, -0.1) is 0 Å². The van der Waals surface area contributed by atoms with Crippen LogP contribution in [0.5, 0.6) is 11.5 Å². The van der Waals surface area contributed by atoms with Gasteiger partial charge in [0.2, 0.25) is 0 Å². The van der Waals surface area contributed by atoms with Gasteiger partial charge in [-0.1, -0.05) is 29.3 Å². The molecule has 4 nitrogen and oxygen atoms in total. The fraction of sp³-hybridized carbons (Fsp3) is 0.278. The van der Waals surface area contributed by atoms with Gasteiger partial charge in [0.05, 0.1) is 23.2 Å². The van der Waals surface area contributed by atoms with E-state index in [-0.39, 0.29) is 6.61 Å². The highest BCUT2D eigenvalue weighted by molar-refractivity contribution is 9.10. The van der Waals surface area contributed by atoms with Crippen molar-refractivity contribution in [2.24, 2.45) is 0 Å². The molecule has 0 aliphatic heterocycles. The largest absolute Gasteiger partial charge is 0.490 e. The molecule has 0 fully saturated rings. The SMILES string of the molecule is CCOC(=O)c1cc(Br)c(OCc2ccc(Cl)cc2Cl)c(OCC)c1.